The quantitative estimate of drug-likeness (QED) is 0.714. The molecule has 1 atom stereocenters. The first-order chi connectivity index (χ1) is 8.60. The molecule has 0 aliphatic carbocycles. The Balaban J connectivity index is 2.15. The molecule has 1 aliphatic heterocycles. The number of nitrogen functional groups attached to an aromatic ring is 2. The topological polar surface area (TPSA) is 107 Å². The predicted molar refractivity (Wildman–Crippen MR) is 67.8 cm³/mol. The zero-order valence-corrected chi connectivity index (χ0v) is 10.3. The lowest BCUT2D eigenvalue weighted by molar-refractivity contribution is -0.145. The Morgan fingerprint density at radius 3 is 2.94 bits per heavy atom. The van der Waals surface area contributed by atoms with Crippen molar-refractivity contribution in [3.63, 3.8) is 0 Å². The van der Waals surface area contributed by atoms with E-state index in [2.05, 4.69) is 9.97 Å². The van der Waals surface area contributed by atoms with E-state index in [1.807, 2.05) is 4.90 Å². The van der Waals surface area contributed by atoms with Gasteiger partial charge in [0.25, 0.3) is 0 Å². The Bertz CT molecular complexity index is 431. The summed E-state index contributed by atoms with van der Waals surface area (Å²) in [6.45, 7) is 1.39. The van der Waals surface area contributed by atoms with E-state index >= 15 is 0 Å². The fourth-order valence-electron chi connectivity index (χ4n) is 2.18. The van der Waals surface area contributed by atoms with E-state index in [0.717, 1.165) is 19.4 Å². The lowest BCUT2D eigenvalue weighted by atomic mass is 9.98. The molecule has 18 heavy (non-hydrogen) atoms. The van der Waals surface area contributed by atoms with Gasteiger partial charge in [0.1, 0.15) is 11.6 Å². The second kappa shape index (κ2) is 5.07. The molecule has 7 nitrogen and oxygen atoms in total. The van der Waals surface area contributed by atoms with Gasteiger partial charge in [0, 0.05) is 19.2 Å². The Morgan fingerprint density at radius 2 is 2.28 bits per heavy atom. The third-order valence-corrected chi connectivity index (χ3v) is 3.03. The van der Waals surface area contributed by atoms with Crippen LogP contribution >= 0.6 is 0 Å². The van der Waals surface area contributed by atoms with Crippen LogP contribution in [0.5, 0.6) is 0 Å². The first-order valence-corrected chi connectivity index (χ1v) is 5.83. The van der Waals surface area contributed by atoms with Crippen LogP contribution in [0.25, 0.3) is 0 Å². The molecule has 7 heteroatoms. The number of nitrogens with two attached hydrogens (primary N) is 2. The number of hydrogen-bond acceptors (Lipinski definition) is 7. The molecule has 98 valence electrons. The number of piperidine rings is 1. The molecule has 0 aromatic carbocycles. The van der Waals surface area contributed by atoms with Gasteiger partial charge in [-0.3, -0.25) is 4.79 Å². The van der Waals surface area contributed by atoms with Gasteiger partial charge in [0.15, 0.2) is 0 Å². The lowest BCUT2D eigenvalue weighted by Crippen LogP contribution is -2.39. The summed E-state index contributed by atoms with van der Waals surface area (Å²) in [6, 6.07) is 1.66. The van der Waals surface area contributed by atoms with Gasteiger partial charge in [-0.15, -0.1) is 0 Å². The number of carbonyl (C=O) groups excluding carboxylic acids is 1. The largest absolute Gasteiger partial charge is 0.469 e. The smallest absolute Gasteiger partial charge is 0.310 e. The van der Waals surface area contributed by atoms with E-state index in [9.17, 15) is 4.79 Å². The molecule has 0 spiro atoms. The van der Waals surface area contributed by atoms with Crippen molar-refractivity contribution in [1.29, 1.82) is 0 Å². The van der Waals surface area contributed by atoms with Crippen LogP contribution in [0, 0.1) is 5.92 Å². The van der Waals surface area contributed by atoms with Crippen molar-refractivity contribution in [3.8, 4) is 0 Å². The van der Waals surface area contributed by atoms with Gasteiger partial charge in [-0.2, -0.15) is 9.97 Å². The zero-order chi connectivity index (χ0) is 13.1. The minimum Gasteiger partial charge on any atom is -0.469 e. The number of aromatic nitrogens is 2. The molecule has 2 rings (SSSR count). The van der Waals surface area contributed by atoms with E-state index in [1.54, 1.807) is 6.07 Å². The van der Waals surface area contributed by atoms with Crippen LogP contribution in [0.2, 0.25) is 0 Å². The monoisotopic (exact) mass is 251 g/mol. The minimum atomic E-state index is -0.185. The maximum atomic E-state index is 11.5. The lowest BCUT2D eigenvalue weighted by Gasteiger charge is -2.32. The number of carbonyl (C=O) groups is 1. The minimum absolute atomic E-state index is 0.124. The predicted octanol–water partition coefficient (Wildman–Crippen LogP) is 0.0304. The SMILES string of the molecule is COC(=O)C1CCCN(c2cc(N)nc(N)n2)C1. The summed E-state index contributed by atoms with van der Waals surface area (Å²) < 4.78 is 4.77. The van der Waals surface area contributed by atoms with Gasteiger partial charge < -0.3 is 21.1 Å². The highest BCUT2D eigenvalue weighted by molar-refractivity contribution is 5.73. The highest BCUT2D eigenvalue weighted by Gasteiger charge is 2.27. The summed E-state index contributed by atoms with van der Waals surface area (Å²) in [7, 11) is 1.40. The third kappa shape index (κ3) is 2.61. The molecule has 1 fully saturated rings. The highest BCUT2D eigenvalue weighted by atomic mass is 16.5. The summed E-state index contributed by atoms with van der Waals surface area (Å²) in [5.74, 6) is 0.826. The number of ether oxygens (including phenoxy) is 1. The molecule has 0 radical (unpaired) electrons. The van der Waals surface area contributed by atoms with Crippen molar-refractivity contribution in [3.05, 3.63) is 6.07 Å². The molecule has 1 unspecified atom stereocenters. The summed E-state index contributed by atoms with van der Waals surface area (Å²) >= 11 is 0. The number of hydrogen-bond donors (Lipinski definition) is 2. The maximum Gasteiger partial charge on any atom is 0.310 e. The molecule has 4 N–H and O–H groups in total. The first-order valence-electron chi connectivity index (χ1n) is 5.83. The molecule has 1 aliphatic rings. The summed E-state index contributed by atoms with van der Waals surface area (Å²) in [5.41, 5.74) is 11.2. The van der Waals surface area contributed by atoms with Crippen LogP contribution in [0.4, 0.5) is 17.6 Å². The number of rotatable bonds is 2. The average molecular weight is 251 g/mol. The van der Waals surface area contributed by atoms with Gasteiger partial charge >= 0.3 is 5.97 Å². The van der Waals surface area contributed by atoms with Gasteiger partial charge in [0.2, 0.25) is 5.95 Å². The molecular formula is C11H17N5O2. The van der Waals surface area contributed by atoms with Crippen molar-refractivity contribution in [2.75, 3.05) is 36.6 Å². The number of anilines is 3. The summed E-state index contributed by atoms with van der Waals surface area (Å²) in [4.78, 5) is 21.5. The molecule has 1 saturated heterocycles. The van der Waals surface area contributed by atoms with Crippen LogP contribution in [0.15, 0.2) is 6.07 Å². The maximum absolute atomic E-state index is 11.5. The van der Waals surface area contributed by atoms with Crippen molar-refractivity contribution in [2.24, 2.45) is 5.92 Å². The van der Waals surface area contributed by atoms with Crippen LogP contribution in [-0.4, -0.2) is 36.1 Å². The second-order valence-electron chi connectivity index (χ2n) is 4.32. The Morgan fingerprint density at radius 1 is 1.50 bits per heavy atom. The summed E-state index contributed by atoms with van der Waals surface area (Å²) in [6.07, 6.45) is 1.74. The first kappa shape index (κ1) is 12.4. The van der Waals surface area contributed by atoms with Crippen LogP contribution in [0.3, 0.4) is 0 Å². The Kier molecular flexibility index (Phi) is 3.50. The van der Waals surface area contributed by atoms with Crippen LogP contribution in [-0.2, 0) is 9.53 Å². The molecule has 1 aromatic rings. The molecular weight excluding hydrogens is 234 g/mol. The number of esters is 1. The fourth-order valence-corrected chi connectivity index (χ4v) is 2.18. The van der Waals surface area contributed by atoms with Crippen molar-refractivity contribution in [2.45, 2.75) is 12.8 Å². The molecule has 1 aromatic heterocycles. The van der Waals surface area contributed by atoms with Crippen molar-refractivity contribution < 1.29 is 9.53 Å². The van der Waals surface area contributed by atoms with E-state index in [1.165, 1.54) is 7.11 Å². The highest BCUT2D eigenvalue weighted by Crippen LogP contribution is 2.23. The molecule has 2 heterocycles. The number of nitrogens with zero attached hydrogens (tertiary/aromatic N) is 3. The Hall–Kier alpha value is -2.05. The normalized spacial score (nSPS) is 19.6. The van der Waals surface area contributed by atoms with Crippen LogP contribution < -0.4 is 16.4 Å². The third-order valence-electron chi connectivity index (χ3n) is 3.03. The van der Waals surface area contributed by atoms with Gasteiger partial charge in [-0.25, -0.2) is 0 Å². The van der Waals surface area contributed by atoms with Gasteiger partial charge in [-0.1, -0.05) is 0 Å². The van der Waals surface area contributed by atoms with Gasteiger partial charge in [-0.05, 0) is 12.8 Å². The van der Waals surface area contributed by atoms with E-state index in [4.69, 9.17) is 16.2 Å². The molecule has 0 saturated carbocycles. The van der Waals surface area contributed by atoms with E-state index < -0.39 is 0 Å². The Labute approximate surface area is 105 Å². The van der Waals surface area contributed by atoms with Crippen molar-refractivity contribution in [1.82, 2.24) is 9.97 Å². The second-order valence-corrected chi connectivity index (χ2v) is 4.32. The van der Waals surface area contributed by atoms with E-state index in [-0.39, 0.29) is 17.8 Å². The molecule has 0 amide bonds. The van der Waals surface area contributed by atoms with Crippen molar-refractivity contribution >= 4 is 23.6 Å². The summed E-state index contributed by atoms with van der Waals surface area (Å²) in [5, 5.41) is 0. The number of methoxy groups -OCH3 is 1. The fraction of sp³-hybridized carbons (Fsp3) is 0.545. The van der Waals surface area contributed by atoms with Crippen LogP contribution in [0.1, 0.15) is 12.8 Å². The average Bonchev–Trinajstić information content (AvgIpc) is 2.37. The zero-order valence-electron chi connectivity index (χ0n) is 10.3. The van der Waals surface area contributed by atoms with E-state index in [0.29, 0.717) is 18.2 Å². The molecule has 0 bridgehead atoms. The standard InChI is InChI=1S/C11H17N5O2/c1-18-10(17)7-3-2-4-16(6-7)9-5-8(12)14-11(13)15-9/h5,7H,2-4,6H2,1H3,(H4,12,13,14,15). The van der Waals surface area contributed by atoms with Gasteiger partial charge in [0.05, 0.1) is 13.0 Å².